The second-order valence-corrected chi connectivity index (χ2v) is 3.90. The molecular weight excluding hydrogens is 194 g/mol. The molecule has 1 fully saturated rings. The maximum atomic E-state index is 11.2. The first kappa shape index (κ1) is 11.6. The highest BCUT2D eigenvalue weighted by atomic mass is 16.4. The smallest absolute Gasteiger partial charge is 0.329 e. The average molecular weight is 209 g/mol. The van der Waals surface area contributed by atoms with Crippen molar-refractivity contribution < 1.29 is 14.7 Å². The quantitative estimate of drug-likeness (QED) is 0.525. The first-order valence-electron chi connectivity index (χ1n) is 5.13. The molecule has 0 saturated heterocycles. The van der Waals surface area contributed by atoms with Gasteiger partial charge in [-0.15, -0.1) is 6.42 Å². The van der Waals surface area contributed by atoms with Crippen molar-refractivity contribution in [1.82, 2.24) is 5.32 Å². The van der Waals surface area contributed by atoms with E-state index in [-0.39, 0.29) is 0 Å². The molecule has 1 aliphatic rings. The first-order valence-corrected chi connectivity index (χ1v) is 5.13. The van der Waals surface area contributed by atoms with Gasteiger partial charge in [-0.1, -0.05) is 25.7 Å². The van der Waals surface area contributed by atoms with Crippen LogP contribution in [0.5, 0.6) is 0 Å². The van der Waals surface area contributed by atoms with E-state index in [0.717, 1.165) is 25.7 Å². The topological polar surface area (TPSA) is 66.4 Å². The Morgan fingerprint density at radius 3 is 2.13 bits per heavy atom. The van der Waals surface area contributed by atoms with Crippen LogP contribution in [0.4, 0.5) is 0 Å². The molecule has 82 valence electrons. The maximum Gasteiger partial charge on any atom is 0.329 e. The standard InChI is InChI=1S/C11H15NO3/c1-2-9(13)12-11(10(14)15)7-5-3-4-6-8-11/h1H,3-8H2,(H,12,13)(H,14,15). The number of amides is 1. The lowest BCUT2D eigenvalue weighted by Crippen LogP contribution is -2.53. The number of carbonyl (C=O) groups excluding carboxylic acids is 1. The summed E-state index contributed by atoms with van der Waals surface area (Å²) in [6.07, 6.45) is 9.53. The molecule has 15 heavy (non-hydrogen) atoms. The van der Waals surface area contributed by atoms with Gasteiger partial charge in [0.1, 0.15) is 5.54 Å². The molecule has 0 aromatic carbocycles. The van der Waals surface area contributed by atoms with Gasteiger partial charge in [0.2, 0.25) is 0 Å². The molecule has 0 radical (unpaired) electrons. The number of carboxylic acids is 1. The van der Waals surface area contributed by atoms with Gasteiger partial charge in [0.05, 0.1) is 0 Å². The Hall–Kier alpha value is -1.50. The zero-order valence-corrected chi connectivity index (χ0v) is 8.58. The van der Waals surface area contributed by atoms with Gasteiger partial charge in [0.25, 0.3) is 5.91 Å². The van der Waals surface area contributed by atoms with Gasteiger partial charge in [-0.05, 0) is 18.8 Å². The van der Waals surface area contributed by atoms with Crippen molar-refractivity contribution in [2.75, 3.05) is 0 Å². The van der Waals surface area contributed by atoms with Crippen LogP contribution < -0.4 is 5.32 Å². The highest BCUT2D eigenvalue weighted by Crippen LogP contribution is 2.27. The molecule has 1 amide bonds. The Morgan fingerprint density at radius 2 is 1.73 bits per heavy atom. The number of nitrogens with one attached hydrogen (secondary N) is 1. The highest BCUT2D eigenvalue weighted by Gasteiger charge is 2.39. The van der Waals surface area contributed by atoms with Gasteiger partial charge < -0.3 is 10.4 Å². The van der Waals surface area contributed by atoms with Crippen LogP contribution in [-0.4, -0.2) is 22.5 Å². The first-order chi connectivity index (χ1) is 7.10. The normalized spacial score (nSPS) is 19.7. The molecule has 0 aliphatic heterocycles. The Kier molecular flexibility index (Phi) is 3.73. The SMILES string of the molecule is C#CC(=O)NC1(C(=O)O)CCCCCC1. The lowest BCUT2D eigenvalue weighted by atomic mass is 9.90. The summed E-state index contributed by atoms with van der Waals surface area (Å²) in [6.45, 7) is 0. The molecule has 4 nitrogen and oxygen atoms in total. The molecule has 0 heterocycles. The van der Waals surface area contributed by atoms with E-state index in [4.69, 9.17) is 6.42 Å². The van der Waals surface area contributed by atoms with Gasteiger partial charge in [-0.25, -0.2) is 4.79 Å². The van der Waals surface area contributed by atoms with Crippen molar-refractivity contribution >= 4 is 11.9 Å². The summed E-state index contributed by atoms with van der Waals surface area (Å²) in [6, 6.07) is 0. The summed E-state index contributed by atoms with van der Waals surface area (Å²) in [5.74, 6) is 0.281. The van der Waals surface area contributed by atoms with Crippen LogP contribution in [0.3, 0.4) is 0 Å². The molecule has 0 aromatic rings. The van der Waals surface area contributed by atoms with E-state index >= 15 is 0 Å². The zero-order valence-electron chi connectivity index (χ0n) is 8.58. The minimum absolute atomic E-state index is 0.468. The third-order valence-corrected chi connectivity index (χ3v) is 2.85. The largest absolute Gasteiger partial charge is 0.480 e. The number of carbonyl (C=O) groups is 2. The summed E-state index contributed by atoms with van der Waals surface area (Å²) < 4.78 is 0. The van der Waals surface area contributed by atoms with E-state index < -0.39 is 17.4 Å². The average Bonchev–Trinajstić information content (AvgIpc) is 2.44. The Labute approximate surface area is 89.0 Å². The van der Waals surface area contributed by atoms with E-state index in [9.17, 15) is 14.7 Å². The van der Waals surface area contributed by atoms with Crippen molar-refractivity contribution in [3.63, 3.8) is 0 Å². The minimum Gasteiger partial charge on any atom is -0.480 e. The van der Waals surface area contributed by atoms with Crippen molar-refractivity contribution in [1.29, 1.82) is 0 Å². The lowest BCUT2D eigenvalue weighted by Gasteiger charge is -2.28. The van der Waals surface area contributed by atoms with Crippen molar-refractivity contribution in [3.05, 3.63) is 0 Å². The maximum absolute atomic E-state index is 11.2. The van der Waals surface area contributed by atoms with Crippen LogP contribution in [0.15, 0.2) is 0 Å². The molecule has 2 N–H and O–H groups in total. The fraction of sp³-hybridized carbons (Fsp3) is 0.636. The molecule has 0 aromatic heterocycles. The predicted octanol–water partition coefficient (Wildman–Crippen LogP) is 0.913. The Morgan fingerprint density at radius 1 is 1.20 bits per heavy atom. The second kappa shape index (κ2) is 4.83. The fourth-order valence-corrected chi connectivity index (χ4v) is 1.98. The molecule has 0 atom stereocenters. The summed E-state index contributed by atoms with van der Waals surface area (Å²) in [7, 11) is 0. The van der Waals surface area contributed by atoms with E-state index in [1.165, 1.54) is 0 Å². The summed E-state index contributed by atoms with van der Waals surface area (Å²) in [5, 5.41) is 11.6. The molecular formula is C11H15NO3. The summed E-state index contributed by atoms with van der Waals surface area (Å²) in [5.41, 5.74) is -1.14. The van der Waals surface area contributed by atoms with Crippen molar-refractivity contribution in [3.8, 4) is 12.3 Å². The van der Waals surface area contributed by atoms with Crippen LogP contribution in [0, 0.1) is 12.3 Å². The van der Waals surface area contributed by atoms with E-state index in [2.05, 4.69) is 5.32 Å². The number of hydrogen-bond acceptors (Lipinski definition) is 2. The molecule has 4 heteroatoms. The van der Waals surface area contributed by atoms with Crippen LogP contribution in [0.1, 0.15) is 38.5 Å². The third kappa shape index (κ3) is 2.72. The summed E-state index contributed by atoms with van der Waals surface area (Å²) in [4.78, 5) is 22.3. The van der Waals surface area contributed by atoms with Crippen LogP contribution in [0.2, 0.25) is 0 Å². The molecule has 1 rings (SSSR count). The number of hydrogen-bond donors (Lipinski definition) is 2. The molecule has 0 bridgehead atoms. The molecule has 0 unspecified atom stereocenters. The van der Waals surface area contributed by atoms with Gasteiger partial charge in [-0.3, -0.25) is 4.79 Å². The van der Waals surface area contributed by atoms with Crippen molar-refractivity contribution in [2.45, 2.75) is 44.1 Å². The number of aliphatic carboxylic acids is 1. The highest BCUT2D eigenvalue weighted by molar-refractivity contribution is 5.96. The summed E-state index contributed by atoms with van der Waals surface area (Å²) >= 11 is 0. The van der Waals surface area contributed by atoms with E-state index in [0.29, 0.717) is 12.8 Å². The number of carboxylic acid groups (broad SMARTS) is 1. The molecule has 1 saturated carbocycles. The Balaban J connectivity index is 2.81. The lowest BCUT2D eigenvalue weighted by molar-refractivity contribution is -0.147. The van der Waals surface area contributed by atoms with Crippen LogP contribution in [-0.2, 0) is 9.59 Å². The number of terminal acetylenes is 1. The zero-order chi connectivity index (χ0) is 11.3. The van der Waals surface area contributed by atoms with E-state index in [1.807, 2.05) is 5.92 Å². The van der Waals surface area contributed by atoms with E-state index in [1.54, 1.807) is 0 Å². The Bertz CT molecular complexity index is 295. The molecule has 0 spiro atoms. The van der Waals surface area contributed by atoms with Crippen LogP contribution in [0.25, 0.3) is 0 Å². The van der Waals surface area contributed by atoms with Gasteiger partial charge >= 0.3 is 5.97 Å². The predicted molar refractivity (Wildman–Crippen MR) is 55.0 cm³/mol. The van der Waals surface area contributed by atoms with Gasteiger partial charge in [0.15, 0.2) is 0 Å². The molecule has 1 aliphatic carbocycles. The van der Waals surface area contributed by atoms with Crippen LogP contribution >= 0.6 is 0 Å². The third-order valence-electron chi connectivity index (χ3n) is 2.85. The van der Waals surface area contributed by atoms with Crippen molar-refractivity contribution in [2.24, 2.45) is 0 Å². The fourth-order valence-electron chi connectivity index (χ4n) is 1.98. The van der Waals surface area contributed by atoms with Gasteiger partial charge in [0, 0.05) is 0 Å². The number of rotatable bonds is 2. The minimum atomic E-state index is -1.14. The van der Waals surface area contributed by atoms with Gasteiger partial charge in [-0.2, -0.15) is 0 Å². The second-order valence-electron chi connectivity index (χ2n) is 3.90. The monoisotopic (exact) mass is 209 g/mol.